The van der Waals surface area contributed by atoms with Gasteiger partial charge in [0.2, 0.25) is 0 Å². The van der Waals surface area contributed by atoms with Crippen LogP contribution in [-0.2, 0) is 0 Å². The summed E-state index contributed by atoms with van der Waals surface area (Å²) in [6.45, 7) is 8.58. The van der Waals surface area contributed by atoms with Gasteiger partial charge in [0.25, 0.3) is 0 Å². The molecule has 0 radical (unpaired) electrons. The average molecular weight is 182 g/mol. The SMILES string of the molecule is CCC1CN(C2CCCNC2C)C1. The predicted octanol–water partition coefficient (Wildman–Crippen LogP) is 1.47. The van der Waals surface area contributed by atoms with Gasteiger partial charge in [0.15, 0.2) is 0 Å². The summed E-state index contributed by atoms with van der Waals surface area (Å²) in [5.74, 6) is 0.995. The highest BCUT2D eigenvalue weighted by Gasteiger charge is 2.34. The second-order valence-electron chi connectivity index (χ2n) is 4.68. The van der Waals surface area contributed by atoms with Gasteiger partial charge in [-0.25, -0.2) is 0 Å². The molecule has 2 heterocycles. The normalized spacial score (nSPS) is 37.4. The molecular weight excluding hydrogens is 160 g/mol. The maximum Gasteiger partial charge on any atom is 0.0247 e. The molecule has 13 heavy (non-hydrogen) atoms. The van der Waals surface area contributed by atoms with Gasteiger partial charge in [-0.1, -0.05) is 13.3 Å². The van der Waals surface area contributed by atoms with E-state index in [0.29, 0.717) is 6.04 Å². The summed E-state index contributed by atoms with van der Waals surface area (Å²) in [4.78, 5) is 2.67. The lowest BCUT2D eigenvalue weighted by molar-refractivity contribution is 0.0226. The number of hydrogen-bond donors (Lipinski definition) is 1. The van der Waals surface area contributed by atoms with Crippen LogP contribution in [0.3, 0.4) is 0 Å². The molecule has 2 nitrogen and oxygen atoms in total. The van der Waals surface area contributed by atoms with Crippen molar-refractivity contribution in [3.05, 3.63) is 0 Å². The summed E-state index contributed by atoms with van der Waals surface area (Å²) in [7, 11) is 0. The standard InChI is InChI=1S/C11H22N2/c1-3-10-7-13(8-10)11-5-4-6-12-9(11)2/h9-12H,3-8H2,1-2H3. The van der Waals surface area contributed by atoms with Crippen LogP contribution in [0.25, 0.3) is 0 Å². The van der Waals surface area contributed by atoms with Crippen molar-refractivity contribution in [3.8, 4) is 0 Å². The Kier molecular flexibility index (Phi) is 2.89. The van der Waals surface area contributed by atoms with E-state index < -0.39 is 0 Å². The van der Waals surface area contributed by atoms with Gasteiger partial charge in [0.1, 0.15) is 0 Å². The molecule has 76 valence electrons. The summed E-state index contributed by atoms with van der Waals surface area (Å²) in [5.41, 5.74) is 0. The van der Waals surface area contributed by atoms with Crippen molar-refractivity contribution < 1.29 is 0 Å². The highest BCUT2D eigenvalue weighted by Crippen LogP contribution is 2.26. The molecule has 2 aliphatic heterocycles. The minimum atomic E-state index is 0.714. The minimum absolute atomic E-state index is 0.714. The number of rotatable bonds is 2. The number of piperidine rings is 1. The Morgan fingerprint density at radius 3 is 2.77 bits per heavy atom. The van der Waals surface area contributed by atoms with Crippen LogP contribution in [-0.4, -0.2) is 36.6 Å². The average Bonchev–Trinajstić information content (AvgIpc) is 2.06. The third-order valence-corrected chi connectivity index (χ3v) is 3.75. The Hall–Kier alpha value is -0.0800. The lowest BCUT2D eigenvalue weighted by atomic mass is 9.89. The third kappa shape index (κ3) is 1.89. The Morgan fingerprint density at radius 1 is 1.38 bits per heavy atom. The monoisotopic (exact) mass is 182 g/mol. The maximum atomic E-state index is 3.57. The molecule has 2 heteroatoms. The van der Waals surface area contributed by atoms with Gasteiger partial charge < -0.3 is 5.32 Å². The number of nitrogens with one attached hydrogen (secondary N) is 1. The molecule has 0 bridgehead atoms. The minimum Gasteiger partial charge on any atom is -0.313 e. The van der Waals surface area contributed by atoms with E-state index in [-0.39, 0.29) is 0 Å². The summed E-state index contributed by atoms with van der Waals surface area (Å²) in [6, 6.07) is 1.54. The Balaban J connectivity index is 1.80. The van der Waals surface area contributed by atoms with Crippen molar-refractivity contribution >= 4 is 0 Å². The highest BCUT2D eigenvalue weighted by molar-refractivity contribution is 4.91. The van der Waals surface area contributed by atoms with Crippen molar-refractivity contribution in [2.75, 3.05) is 19.6 Å². The van der Waals surface area contributed by atoms with E-state index in [1.165, 1.54) is 38.9 Å². The Morgan fingerprint density at radius 2 is 2.15 bits per heavy atom. The molecule has 0 saturated carbocycles. The second kappa shape index (κ2) is 3.97. The molecule has 2 aliphatic rings. The molecule has 2 unspecified atom stereocenters. The summed E-state index contributed by atoms with van der Waals surface area (Å²) in [6.07, 6.45) is 4.14. The first-order valence-corrected chi connectivity index (χ1v) is 5.78. The van der Waals surface area contributed by atoms with Crippen LogP contribution < -0.4 is 5.32 Å². The molecule has 2 saturated heterocycles. The fourth-order valence-corrected chi connectivity index (χ4v) is 2.66. The van der Waals surface area contributed by atoms with Crippen LogP contribution in [0.15, 0.2) is 0 Å². The largest absolute Gasteiger partial charge is 0.313 e. The van der Waals surface area contributed by atoms with Crippen LogP contribution in [0.4, 0.5) is 0 Å². The van der Waals surface area contributed by atoms with Crippen molar-refractivity contribution in [1.29, 1.82) is 0 Å². The van der Waals surface area contributed by atoms with Gasteiger partial charge in [0, 0.05) is 25.2 Å². The smallest absolute Gasteiger partial charge is 0.0247 e. The number of likely N-dealkylation sites (tertiary alicyclic amines) is 1. The van der Waals surface area contributed by atoms with E-state index in [9.17, 15) is 0 Å². The molecule has 0 spiro atoms. The molecule has 0 aromatic rings. The van der Waals surface area contributed by atoms with E-state index in [0.717, 1.165) is 12.0 Å². The quantitative estimate of drug-likeness (QED) is 0.695. The van der Waals surface area contributed by atoms with Crippen molar-refractivity contribution in [2.24, 2.45) is 5.92 Å². The van der Waals surface area contributed by atoms with Gasteiger partial charge >= 0.3 is 0 Å². The zero-order chi connectivity index (χ0) is 9.26. The van der Waals surface area contributed by atoms with Crippen molar-refractivity contribution in [3.63, 3.8) is 0 Å². The number of hydrogen-bond acceptors (Lipinski definition) is 2. The predicted molar refractivity (Wildman–Crippen MR) is 55.8 cm³/mol. The van der Waals surface area contributed by atoms with E-state index in [1.807, 2.05) is 0 Å². The number of nitrogens with zero attached hydrogens (tertiary/aromatic N) is 1. The van der Waals surface area contributed by atoms with Gasteiger partial charge in [-0.3, -0.25) is 4.90 Å². The Bertz CT molecular complexity index is 163. The lowest BCUT2D eigenvalue weighted by Gasteiger charge is -2.48. The van der Waals surface area contributed by atoms with E-state index >= 15 is 0 Å². The van der Waals surface area contributed by atoms with E-state index in [2.05, 4.69) is 24.1 Å². The fourth-order valence-electron chi connectivity index (χ4n) is 2.66. The highest BCUT2D eigenvalue weighted by atomic mass is 15.2. The van der Waals surface area contributed by atoms with Crippen molar-refractivity contribution in [2.45, 2.75) is 45.2 Å². The first-order valence-electron chi connectivity index (χ1n) is 5.78. The van der Waals surface area contributed by atoms with Crippen LogP contribution >= 0.6 is 0 Å². The van der Waals surface area contributed by atoms with Gasteiger partial charge in [-0.05, 0) is 32.2 Å². The molecule has 0 aliphatic carbocycles. The van der Waals surface area contributed by atoms with E-state index in [1.54, 1.807) is 0 Å². The maximum absolute atomic E-state index is 3.57. The second-order valence-corrected chi connectivity index (χ2v) is 4.68. The molecule has 0 aromatic heterocycles. The van der Waals surface area contributed by atoms with Gasteiger partial charge in [-0.15, -0.1) is 0 Å². The molecular formula is C11H22N2. The Labute approximate surface area is 81.7 Å². The zero-order valence-electron chi connectivity index (χ0n) is 8.92. The lowest BCUT2D eigenvalue weighted by Crippen LogP contribution is -2.59. The van der Waals surface area contributed by atoms with Crippen molar-refractivity contribution in [1.82, 2.24) is 10.2 Å². The molecule has 0 aromatic carbocycles. The van der Waals surface area contributed by atoms with Crippen LogP contribution in [0, 0.1) is 5.92 Å². The zero-order valence-corrected chi connectivity index (χ0v) is 8.92. The summed E-state index contributed by atoms with van der Waals surface area (Å²) >= 11 is 0. The molecule has 2 fully saturated rings. The van der Waals surface area contributed by atoms with Crippen LogP contribution in [0.5, 0.6) is 0 Å². The van der Waals surface area contributed by atoms with E-state index in [4.69, 9.17) is 0 Å². The van der Waals surface area contributed by atoms with Gasteiger partial charge in [0.05, 0.1) is 0 Å². The first kappa shape index (κ1) is 9.47. The summed E-state index contributed by atoms with van der Waals surface area (Å²) < 4.78 is 0. The summed E-state index contributed by atoms with van der Waals surface area (Å²) in [5, 5.41) is 3.57. The molecule has 1 N–H and O–H groups in total. The van der Waals surface area contributed by atoms with Gasteiger partial charge in [-0.2, -0.15) is 0 Å². The van der Waals surface area contributed by atoms with Crippen LogP contribution in [0.1, 0.15) is 33.1 Å². The van der Waals surface area contributed by atoms with Crippen LogP contribution in [0.2, 0.25) is 0 Å². The first-order chi connectivity index (χ1) is 6.31. The molecule has 0 amide bonds. The molecule has 2 rings (SSSR count). The third-order valence-electron chi connectivity index (χ3n) is 3.75. The fraction of sp³-hybridized carbons (Fsp3) is 1.00. The molecule has 2 atom stereocenters. The topological polar surface area (TPSA) is 15.3 Å².